The molecule has 0 aliphatic carbocycles. The summed E-state index contributed by atoms with van der Waals surface area (Å²) in [5.74, 6) is 0.766. The molecule has 0 radical (unpaired) electrons. The number of rotatable bonds is 4. The summed E-state index contributed by atoms with van der Waals surface area (Å²) in [6, 6.07) is 5.52. The average Bonchev–Trinajstić information content (AvgIpc) is 3.18. The number of alkyl halides is 1. The third-order valence-corrected chi connectivity index (χ3v) is 3.70. The van der Waals surface area contributed by atoms with E-state index in [2.05, 4.69) is 30.7 Å². The van der Waals surface area contributed by atoms with Crippen molar-refractivity contribution in [2.45, 2.75) is 6.54 Å². The van der Waals surface area contributed by atoms with Gasteiger partial charge in [0.05, 0.1) is 12.2 Å². The minimum absolute atomic E-state index is 0.116. The average molecular weight is 327 g/mol. The Kier molecular flexibility index (Phi) is 3.22. The SMILES string of the molecule is CNc1nc(N)nn2ccc(-c3ccc4nnn(CCF)c4n3)c12. The Bertz CT molecular complexity index is 1040. The summed E-state index contributed by atoms with van der Waals surface area (Å²) in [4.78, 5) is 8.79. The van der Waals surface area contributed by atoms with E-state index in [1.54, 1.807) is 23.8 Å². The molecule has 4 rings (SSSR count). The van der Waals surface area contributed by atoms with Gasteiger partial charge >= 0.3 is 0 Å². The number of hydrogen-bond donors (Lipinski definition) is 2. The lowest BCUT2D eigenvalue weighted by molar-refractivity contribution is 0.426. The van der Waals surface area contributed by atoms with Crippen molar-refractivity contribution in [2.24, 2.45) is 0 Å². The van der Waals surface area contributed by atoms with Gasteiger partial charge < -0.3 is 11.1 Å². The predicted octanol–water partition coefficient (Wildman–Crippen LogP) is 1.13. The van der Waals surface area contributed by atoms with E-state index in [1.165, 1.54) is 4.68 Å². The van der Waals surface area contributed by atoms with Gasteiger partial charge in [0, 0.05) is 18.8 Å². The smallest absolute Gasteiger partial charge is 0.240 e. The second-order valence-electron chi connectivity index (χ2n) is 5.13. The number of fused-ring (bicyclic) bond motifs is 2. The number of nitrogens with one attached hydrogen (secondary N) is 1. The summed E-state index contributed by atoms with van der Waals surface area (Å²) >= 11 is 0. The standard InChI is InChI=1S/C14H14FN9/c1-17-12-11-8(4-6-23(11)21-14(16)19-12)9-2-3-10-13(18-9)24(7-5-15)22-20-10/h2-4,6H,5,7H2,1H3,(H3,16,17,19,21). The molecular formula is C14H14FN9. The predicted molar refractivity (Wildman–Crippen MR) is 87.2 cm³/mol. The van der Waals surface area contributed by atoms with E-state index in [4.69, 9.17) is 5.73 Å². The second kappa shape index (κ2) is 5.41. The molecule has 0 atom stereocenters. The first-order chi connectivity index (χ1) is 11.7. The summed E-state index contributed by atoms with van der Waals surface area (Å²) in [6.07, 6.45) is 1.78. The summed E-state index contributed by atoms with van der Waals surface area (Å²) in [6.45, 7) is -0.415. The highest BCUT2D eigenvalue weighted by Crippen LogP contribution is 2.29. The van der Waals surface area contributed by atoms with Crippen molar-refractivity contribution in [1.82, 2.24) is 34.6 Å². The first kappa shape index (κ1) is 14.3. The zero-order valence-corrected chi connectivity index (χ0v) is 12.8. The number of aryl methyl sites for hydroxylation is 1. The molecular weight excluding hydrogens is 313 g/mol. The van der Waals surface area contributed by atoms with Crippen molar-refractivity contribution < 1.29 is 4.39 Å². The van der Waals surface area contributed by atoms with E-state index < -0.39 is 6.67 Å². The van der Waals surface area contributed by atoms with Gasteiger partial charge in [0.1, 0.15) is 17.7 Å². The molecule has 0 amide bonds. The van der Waals surface area contributed by atoms with Crippen LogP contribution in [0, 0.1) is 0 Å². The van der Waals surface area contributed by atoms with Crippen molar-refractivity contribution in [2.75, 3.05) is 24.8 Å². The van der Waals surface area contributed by atoms with Crippen LogP contribution in [0.3, 0.4) is 0 Å². The molecule has 24 heavy (non-hydrogen) atoms. The maximum Gasteiger partial charge on any atom is 0.240 e. The van der Waals surface area contributed by atoms with Gasteiger partial charge in [-0.1, -0.05) is 5.21 Å². The van der Waals surface area contributed by atoms with Gasteiger partial charge in [-0.3, -0.25) is 0 Å². The topological polar surface area (TPSA) is 112 Å². The Morgan fingerprint density at radius 1 is 1.25 bits per heavy atom. The number of pyridine rings is 1. The Hall–Kier alpha value is -3.30. The maximum absolute atomic E-state index is 12.6. The van der Waals surface area contributed by atoms with Crippen molar-refractivity contribution in [3.8, 4) is 11.3 Å². The van der Waals surface area contributed by atoms with E-state index in [-0.39, 0.29) is 12.5 Å². The minimum atomic E-state index is -0.531. The van der Waals surface area contributed by atoms with E-state index in [0.29, 0.717) is 22.7 Å². The zero-order valence-electron chi connectivity index (χ0n) is 12.8. The monoisotopic (exact) mass is 327 g/mol. The van der Waals surface area contributed by atoms with Crippen molar-refractivity contribution >= 4 is 28.4 Å². The highest BCUT2D eigenvalue weighted by Gasteiger charge is 2.15. The van der Waals surface area contributed by atoms with E-state index in [0.717, 1.165) is 11.1 Å². The van der Waals surface area contributed by atoms with Gasteiger partial charge in [0.15, 0.2) is 11.5 Å². The largest absolute Gasteiger partial charge is 0.371 e. The first-order valence-corrected chi connectivity index (χ1v) is 7.30. The number of hydrogen-bond acceptors (Lipinski definition) is 7. The molecule has 0 aromatic carbocycles. The maximum atomic E-state index is 12.6. The Morgan fingerprint density at radius 3 is 2.92 bits per heavy atom. The van der Waals surface area contributed by atoms with Crippen LogP contribution in [0.2, 0.25) is 0 Å². The fourth-order valence-electron chi connectivity index (χ4n) is 2.66. The van der Waals surface area contributed by atoms with Gasteiger partial charge in [-0.05, 0) is 18.2 Å². The van der Waals surface area contributed by atoms with E-state index in [9.17, 15) is 4.39 Å². The van der Waals surface area contributed by atoms with Crippen LogP contribution in [0.15, 0.2) is 24.4 Å². The van der Waals surface area contributed by atoms with Crippen LogP contribution in [0.1, 0.15) is 0 Å². The molecule has 4 aromatic heterocycles. The highest BCUT2D eigenvalue weighted by atomic mass is 19.1. The molecule has 0 saturated carbocycles. The number of anilines is 2. The van der Waals surface area contributed by atoms with Crippen LogP contribution in [0.5, 0.6) is 0 Å². The summed E-state index contributed by atoms with van der Waals surface area (Å²) in [7, 11) is 1.76. The molecule has 0 bridgehead atoms. The van der Waals surface area contributed by atoms with Crippen molar-refractivity contribution in [3.63, 3.8) is 0 Å². The Morgan fingerprint density at radius 2 is 2.12 bits per heavy atom. The van der Waals surface area contributed by atoms with E-state index in [1.807, 2.05) is 12.1 Å². The normalized spacial score (nSPS) is 11.4. The van der Waals surface area contributed by atoms with Gasteiger partial charge in [0.2, 0.25) is 5.95 Å². The molecule has 0 saturated heterocycles. The van der Waals surface area contributed by atoms with Gasteiger partial charge in [-0.15, -0.1) is 10.2 Å². The lowest BCUT2D eigenvalue weighted by atomic mass is 10.2. The quantitative estimate of drug-likeness (QED) is 0.578. The summed E-state index contributed by atoms with van der Waals surface area (Å²) < 4.78 is 15.7. The van der Waals surface area contributed by atoms with Gasteiger partial charge in [-0.25, -0.2) is 18.6 Å². The number of halogens is 1. The van der Waals surface area contributed by atoms with Crippen LogP contribution >= 0.6 is 0 Å². The molecule has 0 spiro atoms. The van der Waals surface area contributed by atoms with Gasteiger partial charge in [-0.2, -0.15) is 4.98 Å². The molecule has 4 aromatic rings. The fraction of sp³-hybridized carbons (Fsp3) is 0.214. The number of aromatic nitrogens is 7. The lowest BCUT2D eigenvalue weighted by Gasteiger charge is -2.06. The molecule has 4 heterocycles. The third kappa shape index (κ3) is 2.11. The van der Waals surface area contributed by atoms with Crippen LogP contribution < -0.4 is 11.1 Å². The summed E-state index contributed by atoms with van der Waals surface area (Å²) in [5.41, 5.74) is 9.13. The third-order valence-electron chi connectivity index (χ3n) is 3.70. The van der Waals surface area contributed by atoms with Gasteiger partial charge in [0.25, 0.3) is 0 Å². The van der Waals surface area contributed by atoms with Crippen molar-refractivity contribution in [3.05, 3.63) is 24.4 Å². The second-order valence-corrected chi connectivity index (χ2v) is 5.13. The number of nitrogens with zero attached hydrogens (tertiary/aromatic N) is 7. The van der Waals surface area contributed by atoms with Crippen LogP contribution in [-0.4, -0.2) is 48.3 Å². The summed E-state index contributed by atoms with van der Waals surface area (Å²) in [5, 5.41) is 15.1. The number of nitrogen functional groups attached to an aromatic ring is 1. The molecule has 3 N–H and O–H groups in total. The number of nitrogens with two attached hydrogens (primary N) is 1. The van der Waals surface area contributed by atoms with Crippen LogP contribution in [-0.2, 0) is 6.54 Å². The first-order valence-electron chi connectivity index (χ1n) is 7.30. The molecule has 0 unspecified atom stereocenters. The molecule has 0 aliphatic heterocycles. The van der Waals surface area contributed by atoms with Crippen molar-refractivity contribution in [1.29, 1.82) is 0 Å². The molecule has 0 aliphatic rings. The molecule has 122 valence electrons. The van der Waals surface area contributed by atoms with Crippen LogP contribution in [0.25, 0.3) is 27.9 Å². The minimum Gasteiger partial charge on any atom is -0.371 e. The molecule has 10 heteroatoms. The lowest BCUT2D eigenvalue weighted by Crippen LogP contribution is -2.05. The highest BCUT2D eigenvalue weighted by molar-refractivity contribution is 5.89. The van der Waals surface area contributed by atoms with Crippen LogP contribution in [0.4, 0.5) is 16.2 Å². The molecule has 9 nitrogen and oxygen atoms in total. The zero-order chi connectivity index (χ0) is 16.7. The van der Waals surface area contributed by atoms with E-state index >= 15 is 0 Å². The molecule has 0 fully saturated rings. The fourth-order valence-corrected chi connectivity index (χ4v) is 2.66. The Labute approximate surface area is 135 Å². The Balaban J connectivity index is 1.94.